The normalized spacial score (nSPS) is 10.8. The van der Waals surface area contributed by atoms with Crippen molar-refractivity contribution in [1.82, 2.24) is 0 Å². The zero-order valence-electron chi connectivity index (χ0n) is 11.3. The van der Waals surface area contributed by atoms with E-state index < -0.39 is 0 Å². The molecule has 1 nitrogen and oxygen atoms in total. The second kappa shape index (κ2) is 6.02. The van der Waals surface area contributed by atoms with Gasteiger partial charge in [-0.05, 0) is 34.0 Å². The van der Waals surface area contributed by atoms with Gasteiger partial charge < -0.3 is 5.73 Å². The molecule has 2 N–H and O–H groups in total. The van der Waals surface area contributed by atoms with E-state index in [2.05, 4.69) is 54.6 Å². The first-order valence-corrected chi connectivity index (χ1v) is 7.87. The van der Waals surface area contributed by atoms with Crippen LogP contribution in [-0.2, 0) is 11.5 Å². The van der Waals surface area contributed by atoms with Gasteiger partial charge in [0.05, 0.1) is 0 Å². The highest BCUT2D eigenvalue weighted by molar-refractivity contribution is 7.97. The molecule has 0 atom stereocenters. The minimum atomic E-state index is 0.827. The first-order chi connectivity index (χ1) is 9.83. The third-order valence-electron chi connectivity index (χ3n) is 3.39. The third kappa shape index (κ3) is 2.97. The standard InChI is InChI=1S/C18H17NS/c19-17-10-8-14(9-11-17)12-20-13-16-6-3-5-15-4-1-2-7-18(15)16/h1-11H,12-13,19H2. The number of hydrogen-bond donors (Lipinski definition) is 1. The van der Waals surface area contributed by atoms with Gasteiger partial charge in [0, 0.05) is 17.2 Å². The van der Waals surface area contributed by atoms with E-state index in [1.165, 1.54) is 21.9 Å². The predicted molar refractivity (Wildman–Crippen MR) is 89.8 cm³/mol. The first-order valence-electron chi connectivity index (χ1n) is 6.72. The number of anilines is 1. The molecule has 0 unspecified atom stereocenters. The summed E-state index contributed by atoms with van der Waals surface area (Å²) in [6.07, 6.45) is 0. The van der Waals surface area contributed by atoms with Crippen LogP contribution in [0.3, 0.4) is 0 Å². The Morgan fingerprint density at radius 1 is 0.750 bits per heavy atom. The number of nitrogens with two attached hydrogens (primary N) is 1. The predicted octanol–water partition coefficient (Wildman–Crippen LogP) is 4.86. The van der Waals surface area contributed by atoms with E-state index in [0.717, 1.165) is 17.2 Å². The van der Waals surface area contributed by atoms with Crippen molar-refractivity contribution in [3.8, 4) is 0 Å². The number of thioether (sulfide) groups is 1. The molecule has 3 aromatic rings. The topological polar surface area (TPSA) is 26.0 Å². The van der Waals surface area contributed by atoms with Crippen molar-refractivity contribution < 1.29 is 0 Å². The Kier molecular flexibility index (Phi) is 3.93. The quantitative estimate of drug-likeness (QED) is 0.690. The lowest BCUT2D eigenvalue weighted by molar-refractivity contribution is 1.38. The summed E-state index contributed by atoms with van der Waals surface area (Å²) in [5.41, 5.74) is 9.26. The van der Waals surface area contributed by atoms with Gasteiger partial charge in [0.25, 0.3) is 0 Å². The van der Waals surface area contributed by atoms with Crippen LogP contribution < -0.4 is 5.73 Å². The Morgan fingerprint density at radius 3 is 2.35 bits per heavy atom. The molecule has 0 spiro atoms. The van der Waals surface area contributed by atoms with Crippen molar-refractivity contribution in [2.24, 2.45) is 0 Å². The van der Waals surface area contributed by atoms with Crippen LogP contribution in [0.4, 0.5) is 5.69 Å². The summed E-state index contributed by atoms with van der Waals surface area (Å²) in [5, 5.41) is 2.68. The van der Waals surface area contributed by atoms with E-state index in [0.29, 0.717) is 0 Å². The van der Waals surface area contributed by atoms with Crippen LogP contribution in [0, 0.1) is 0 Å². The van der Waals surface area contributed by atoms with Crippen LogP contribution in [0.15, 0.2) is 66.7 Å². The first kappa shape index (κ1) is 13.1. The highest BCUT2D eigenvalue weighted by Gasteiger charge is 2.01. The Hall–Kier alpha value is -1.93. The molecule has 0 radical (unpaired) electrons. The summed E-state index contributed by atoms with van der Waals surface area (Å²) in [7, 11) is 0. The summed E-state index contributed by atoms with van der Waals surface area (Å²) < 4.78 is 0. The lowest BCUT2D eigenvalue weighted by atomic mass is 10.1. The SMILES string of the molecule is Nc1ccc(CSCc2cccc3ccccc23)cc1. The third-order valence-corrected chi connectivity index (χ3v) is 4.44. The molecule has 0 aliphatic carbocycles. The van der Waals surface area contributed by atoms with Gasteiger partial charge in [-0.1, -0.05) is 54.6 Å². The highest BCUT2D eigenvalue weighted by atomic mass is 32.2. The van der Waals surface area contributed by atoms with Gasteiger partial charge in [-0.2, -0.15) is 11.8 Å². The van der Waals surface area contributed by atoms with Gasteiger partial charge in [-0.3, -0.25) is 0 Å². The number of rotatable bonds is 4. The maximum atomic E-state index is 5.70. The molecule has 0 aliphatic heterocycles. The summed E-state index contributed by atoms with van der Waals surface area (Å²) in [6, 6.07) is 23.2. The number of fused-ring (bicyclic) bond motifs is 1. The molecule has 0 saturated heterocycles. The van der Waals surface area contributed by atoms with Crippen molar-refractivity contribution in [1.29, 1.82) is 0 Å². The molecule has 2 heteroatoms. The Bertz CT molecular complexity index is 699. The van der Waals surface area contributed by atoms with E-state index >= 15 is 0 Å². The molecule has 20 heavy (non-hydrogen) atoms. The molecule has 100 valence electrons. The van der Waals surface area contributed by atoms with E-state index in [9.17, 15) is 0 Å². The van der Waals surface area contributed by atoms with Crippen LogP contribution in [-0.4, -0.2) is 0 Å². The van der Waals surface area contributed by atoms with Gasteiger partial charge in [-0.15, -0.1) is 0 Å². The number of nitrogen functional groups attached to an aromatic ring is 1. The summed E-state index contributed by atoms with van der Waals surface area (Å²) in [6.45, 7) is 0. The number of benzene rings is 3. The van der Waals surface area contributed by atoms with Gasteiger partial charge in [0.15, 0.2) is 0 Å². The molecule has 0 bridgehead atoms. The van der Waals surface area contributed by atoms with Crippen LogP contribution in [0.1, 0.15) is 11.1 Å². The van der Waals surface area contributed by atoms with Crippen LogP contribution in [0.25, 0.3) is 10.8 Å². The molecular weight excluding hydrogens is 262 g/mol. The van der Waals surface area contributed by atoms with Gasteiger partial charge in [0.1, 0.15) is 0 Å². The Labute approximate surface area is 123 Å². The van der Waals surface area contributed by atoms with Crippen molar-refractivity contribution in [2.75, 3.05) is 5.73 Å². The molecule has 0 amide bonds. The fraction of sp³-hybridized carbons (Fsp3) is 0.111. The van der Waals surface area contributed by atoms with Crippen LogP contribution in [0.5, 0.6) is 0 Å². The fourth-order valence-corrected chi connectivity index (χ4v) is 3.31. The summed E-state index contributed by atoms with van der Waals surface area (Å²) in [4.78, 5) is 0. The average molecular weight is 279 g/mol. The van der Waals surface area contributed by atoms with Gasteiger partial charge in [0.2, 0.25) is 0 Å². The summed E-state index contributed by atoms with van der Waals surface area (Å²) >= 11 is 1.94. The van der Waals surface area contributed by atoms with E-state index in [1.807, 2.05) is 23.9 Å². The molecule has 3 aromatic carbocycles. The number of hydrogen-bond acceptors (Lipinski definition) is 2. The molecule has 0 aliphatic rings. The maximum absolute atomic E-state index is 5.70. The smallest absolute Gasteiger partial charge is 0.0314 e. The highest BCUT2D eigenvalue weighted by Crippen LogP contribution is 2.24. The van der Waals surface area contributed by atoms with E-state index in [1.54, 1.807) is 0 Å². The maximum Gasteiger partial charge on any atom is 0.0314 e. The van der Waals surface area contributed by atoms with Crippen molar-refractivity contribution in [2.45, 2.75) is 11.5 Å². The molecular formula is C18H17NS. The second-order valence-electron chi connectivity index (χ2n) is 4.87. The van der Waals surface area contributed by atoms with Crippen molar-refractivity contribution >= 4 is 28.2 Å². The van der Waals surface area contributed by atoms with E-state index in [-0.39, 0.29) is 0 Å². The van der Waals surface area contributed by atoms with Crippen LogP contribution >= 0.6 is 11.8 Å². The average Bonchev–Trinajstić information content (AvgIpc) is 2.49. The molecule has 3 rings (SSSR count). The minimum Gasteiger partial charge on any atom is -0.399 e. The molecule has 0 aromatic heterocycles. The van der Waals surface area contributed by atoms with Crippen LogP contribution in [0.2, 0.25) is 0 Å². The fourth-order valence-electron chi connectivity index (χ4n) is 2.31. The lowest BCUT2D eigenvalue weighted by Crippen LogP contribution is -1.87. The van der Waals surface area contributed by atoms with E-state index in [4.69, 9.17) is 5.73 Å². The Morgan fingerprint density at radius 2 is 1.50 bits per heavy atom. The van der Waals surface area contributed by atoms with Crippen molar-refractivity contribution in [3.63, 3.8) is 0 Å². The zero-order chi connectivity index (χ0) is 13.8. The Balaban J connectivity index is 1.69. The van der Waals surface area contributed by atoms with Gasteiger partial charge in [-0.25, -0.2) is 0 Å². The molecule has 0 fully saturated rings. The second-order valence-corrected chi connectivity index (χ2v) is 5.86. The zero-order valence-corrected chi connectivity index (χ0v) is 12.1. The van der Waals surface area contributed by atoms with Gasteiger partial charge >= 0.3 is 0 Å². The minimum absolute atomic E-state index is 0.827. The molecule has 0 heterocycles. The molecule has 0 saturated carbocycles. The summed E-state index contributed by atoms with van der Waals surface area (Å²) in [5.74, 6) is 2.05. The largest absolute Gasteiger partial charge is 0.399 e. The lowest BCUT2D eigenvalue weighted by Gasteiger charge is -2.07. The monoisotopic (exact) mass is 279 g/mol. The van der Waals surface area contributed by atoms with Crippen molar-refractivity contribution in [3.05, 3.63) is 77.9 Å².